The molecule has 1 aliphatic heterocycles. The van der Waals surface area contributed by atoms with Crippen LogP contribution in [0.2, 0.25) is 0 Å². The largest absolute Gasteiger partial charge is 0.488 e. The Balaban J connectivity index is 1.27. The summed E-state index contributed by atoms with van der Waals surface area (Å²) in [6.45, 7) is 0.212. The molecule has 3 aromatic rings. The first-order chi connectivity index (χ1) is 16.6. The predicted molar refractivity (Wildman–Crippen MR) is 130 cm³/mol. The summed E-state index contributed by atoms with van der Waals surface area (Å²) < 4.78 is 17.9. The van der Waals surface area contributed by atoms with Gasteiger partial charge in [-0.3, -0.25) is 9.59 Å². The third kappa shape index (κ3) is 6.35. The molecule has 3 aromatic carbocycles. The van der Waals surface area contributed by atoms with Crippen molar-refractivity contribution < 1.29 is 23.8 Å². The summed E-state index contributed by atoms with van der Waals surface area (Å²) in [5.74, 6) is 0.759. The van der Waals surface area contributed by atoms with E-state index < -0.39 is 17.9 Å². The fourth-order valence-corrected chi connectivity index (χ4v) is 3.51. The van der Waals surface area contributed by atoms with Crippen LogP contribution in [0.5, 0.6) is 17.2 Å². The molecule has 8 nitrogen and oxygen atoms in total. The molecule has 0 aliphatic carbocycles. The Morgan fingerprint density at radius 1 is 1.06 bits per heavy atom. The van der Waals surface area contributed by atoms with Crippen molar-refractivity contribution in [1.29, 1.82) is 0 Å². The first-order valence-electron chi connectivity index (χ1n) is 10.5. The molecule has 0 saturated heterocycles. The van der Waals surface area contributed by atoms with Gasteiger partial charge in [-0.2, -0.15) is 5.10 Å². The summed E-state index contributed by atoms with van der Waals surface area (Å²) in [6.07, 6.45) is 0.650. The van der Waals surface area contributed by atoms with Crippen molar-refractivity contribution in [2.75, 3.05) is 13.2 Å². The van der Waals surface area contributed by atoms with E-state index >= 15 is 0 Å². The van der Waals surface area contributed by atoms with Crippen LogP contribution in [0.1, 0.15) is 11.1 Å². The number of ether oxygens (including phenoxy) is 3. The van der Waals surface area contributed by atoms with Crippen molar-refractivity contribution in [3.05, 3.63) is 88.4 Å². The number of benzene rings is 3. The zero-order valence-electron chi connectivity index (χ0n) is 18.1. The second kappa shape index (κ2) is 11.3. The van der Waals surface area contributed by atoms with Crippen LogP contribution in [-0.2, 0) is 16.2 Å². The van der Waals surface area contributed by atoms with Gasteiger partial charge in [0, 0.05) is 10.0 Å². The molecule has 0 saturated carbocycles. The third-order valence-electron chi connectivity index (χ3n) is 4.83. The number of carbonyl (C=O) groups is 2. The van der Waals surface area contributed by atoms with Crippen LogP contribution in [0.4, 0.5) is 0 Å². The Bertz CT molecular complexity index is 1190. The third-order valence-corrected chi connectivity index (χ3v) is 5.32. The summed E-state index contributed by atoms with van der Waals surface area (Å²) in [4.78, 5) is 24.5. The minimum Gasteiger partial charge on any atom is -0.488 e. The van der Waals surface area contributed by atoms with Crippen LogP contribution < -0.4 is 25.0 Å². The average Bonchev–Trinajstić information content (AvgIpc) is 2.87. The maximum absolute atomic E-state index is 12.3. The monoisotopic (exact) mass is 523 g/mol. The molecule has 0 unspecified atom stereocenters. The van der Waals surface area contributed by atoms with E-state index in [2.05, 4.69) is 31.8 Å². The topological polar surface area (TPSA) is 98.3 Å². The number of halogens is 1. The molecular formula is C25H22BrN3O5. The molecule has 2 N–H and O–H groups in total. The minimum absolute atomic E-state index is 0.0667. The van der Waals surface area contributed by atoms with Gasteiger partial charge in [-0.1, -0.05) is 58.4 Å². The normalized spacial score (nSPS) is 14.4. The lowest BCUT2D eigenvalue weighted by Gasteiger charge is -2.25. The van der Waals surface area contributed by atoms with Gasteiger partial charge in [0.2, 0.25) is 6.10 Å². The van der Waals surface area contributed by atoms with E-state index in [1.165, 1.54) is 6.21 Å². The number of carbonyl (C=O) groups excluding carboxylic acids is 2. The number of nitrogens with zero attached hydrogens (tertiary/aromatic N) is 1. The highest BCUT2D eigenvalue weighted by Crippen LogP contribution is 2.30. The molecule has 0 fully saturated rings. The molecule has 4 rings (SSSR count). The molecule has 2 amide bonds. The van der Waals surface area contributed by atoms with Gasteiger partial charge in [-0.05, 0) is 35.9 Å². The zero-order valence-corrected chi connectivity index (χ0v) is 19.7. The molecule has 1 aliphatic rings. The van der Waals surface area contributed by atoms with E-state index in [0.717, 1.165) is 10.0 Å². The highest BCUT2D eigenvalue weighted by atomic mass is 79.9. The van der Waals surface area contributed by atoms with Crippen molar-refractivity contribution >= 4 is 34.0 Å². The number of fused-ring (bicyclic) bond motifs is 1. The molecular weight excluding hydrogens is 502 g/mol. The molecule has 1 atom stereocenters. The number of hydrazone groups is 1. The molecule has 34 heavy (non-hydrogen) atoms. The fourth-order valence-electron chi connectivity index (χ4n) is 3.13. The standard InChI is InChI=1S/C25H22BrN3O5/c26-19-10-11-20(32-15-17-6-2-1-3-7-17)18(12-19)13-28-29-24(30)14-27-25(31)23-16-33-21-8-4-5-9-22(21)34-23/h1-13,23H,14-16H2,(H,27,31)(H,29,30)/b28-13-/t23-/m0/s1. The first-order valence-corrected chi connectivity index (χ1v) is 11.3. The summed E-state index contributed by atoms with van der Waals surface area (Å²) in [5.41, 5.74) is 4.12. The van der Waals surface area contributed by atoms with E-state index in [1.807, 2.05) is 54.6 Å². The highest BCUT2D eigenvalue weighted by molar-refractivity contribution is 9.10. The van der Waals surface area contributed by atoms with Crippen LogP contribution >= 0.6 is 15.9 Å². The Hall–Kier alpha value is -3.85. The fraction of sp³-hybridized carbons (Fsp3) is 0.160. The van der Waals surface area contributed by atoms with Crippen LogP contribution in [0.3, 0.4) is 0 Å². The second-order valence-corrected chi connectivity index (χ2v) is 8.25. The predicted octanol–water partition coefficient (Wildman–Crippen LogP) is 3.43. The van der Waals surface area contributed by atoms with Crippen molar-refractivity contribution in [1.82, 2.24) is 10.7 Å². The number of para-hydroxylation sites is 2. The Kier molecular flexibility index (Phi) is 7.77. The van der Waals surface area contributed by atoms with Crippen molar-refractivity contribution in [3.63, 3.8) is 0 Å². The second-order valence-electron chi connectivity index (χ2n) is 7.33. The summed E-state index contributed by atoms with van der Waals surface area (Å²) in [6, 6.07) is 22.4. The maximum Gasteiger partial charge on any atom is 0.265 e. The number of nitrogens with one attached hydrogen (secondary N) is 2. The SMILES string of the molecule is O=C(CNC(=O)[C@@H]1COc2ccccc2O1)N/N=C\c1cc(Br)ccc1OCc1ccccc1. The molecule has 174 valence electrons. The lowest BCUT2D eigenvalue weighted by atomic mass is 10.2. The number of rotatable bonds is 8. The van der Waals surface area contributed by atoms with E-state index in [-0.39, 0.29) is 13.2 Å². The average molecular weight is 524 g/mol. The Labute approximate surface area is 205 Å². The molecule has 9 heteroatoms. The van der Waals surface area contributed by atoms with Gasteiger partial charge in [0.1, 0.15) is 19.0 Å². The first kappa shape index (κ1) is 23.3. The van der Waals surface area contributed by atoms with Crippen LogP contribution in [0.15, 0.2) is 82.4 Å². The maximum atomic E-state index is 12.3. The number of amides is 2. The van der Waals surface area contributed by atoms with Crippen LogP contribution in [0.25, 0.3) is 0 Å². The van der Waals surface area contributed by atoms with E-state index in [1.54, 1.807) is 18.2 Å². The van der Waals surface area contributed by atoms with Gasteiger partial charge in [-0.15, -0.1) is 0 Å². The van der Waals surface area contributed by atoms with E-state index in [4.69, 9.17) is 14.2 Å². The Morgan fingerprint density at radius 3 is 2.65 bits per heavy atom. The van der Waals surface area contributed by atoms with E-state index in [9.17, 15) is 9.59 Å². The summed E-state index contributed by atoms with van der Waals surface area (Å²) in [5, 5.41) is 6.51. The summed E-state index contributed by atoms with van der Waals surface area (Å²) in [7, 11) is 0. The van der Waals surface area contributed by atoms with Gasteiger partial charge in [-0.25, -0.2) is 5.43 Å². The van der Waals surface area contributed by atoms with Crippen molar-refractivity contribution in [2.45, 2.75) is 12.7 Å². The summed E-state index contributed by atoms with van der Waals surface area (Å²) >= 11 is 3.43. The number of hydrogen-bond acceptors (Lipinski definition) is 6. The van der Waals surface area contributed by atoms with Crippen LogP contribution in [0, 0.1) is 0 Å². The van der Waals surface area contributed by atoms with Gasteiger partial charge in [0.05, 0.1) is 12.8 Å². The van der Waals surface area contributed by atoms with Gasteiger partial charge in [0.15, 0.2) is 11.5 Å². The van der Waals surface area contributed by atoms with Gasteiger partial charge >= 0.3 is 0 Å². The number of hydrogen-bond donors (Lipinski definition) is 2. The lowest BCUT2D eigenvalue weighted by molar-refractivity contribution is -0.132. The van der Waals surface area contributed by atoms with Crippen LogP contribution in [-0.4, -0.2) is 37.3 Å². The molecule has 0 spiro atoms. The van der Waals surface area contributed by atoms with Gasteiger partial charge in [0.25, 0.3) is 11.8 Å². The minimum atomic E-state index is -0.836. The van der Waals surface area contributed by atoms with Gasteiger partial charge < -0.3 is 19.5 Å². The molecule has 1 heterocycles. The van der Waals surface area contributed by atoms with Crippen molar-refractivity contribution in [3.8, 4) is 17.2 Å². The van der Waals surface area contributed by atoms with E-state index in [0.29, 0.717) is 29.4 Å². The highest BCUT2D eigenvalue weighted by Gasteiger charge is 2.27. The van der Waals surface area contributed by atoms with Crippen molar-refractivity contribution in [2.24, 2.45) is 5.10 Å². The lowest BCUT2D eigenvalue weighted by Crippen LogP contribution is -2.46. The molecule has 0 bridgehead atoms. The Morgan fingerprint density at radius 2 is 1.82 bits per heavy atom. The molecule has 0 aromatic heterocycles. The quantitative estimate of drug-likeness (QED) is 0.348. The zero-order chi connectivity index (χ0) is 23.8. The molecule has 0 radical (unpaired) electrons. The smallest absolute Gasteiger partial charge is 0.265 e.